The second-order valence-electron chi connectivity index (χ2n) is 7.90. The van der Waals surface area contributed by atoms with Gasteiger partial charge < -0.3 is 4.42 Å². The van der Waals surface area contributed by atoms with Crippen molar-refractivity contribution >= 4 is 32.6 Å². The first-order valence-electron chi connectivity index (χ1n) is 9.99. The number of benzene rings is 2. The molecule has 0 bridgehead atoms. The van der Waals surface area contributed by atoms with E-state index in [-0.39, 0.29) is 4.90 Å². The summed E-state index contributed by atoms with van der Waals surface area (Å²) in [7, 11) is -4.02. The summed E-state index contributed by atoms with van der Waals surface area (Å²) in [6.45, 7) is 5.37. The third-order valence-electron chi connectivity index (χ3n) is 5.54. The van der Waals surface area contributed by atoms with Crippen molar-refractivity contribution in [2.24, 2.45) is 0 Å². The van der Waals surface area contributed by atoms with Crippen molar-refractivity contribution in [3.05, 3.63) is 59.4 Å². The molecule has 0 radical (unpaired) electrons. The van der Waals surface area contributed by atoms with E-state index in [1.807, 2.05) is 13.8 Å². The van der Waals surface area contributed by atoms with Crippen molar-refractivity contribution in [1.29, 1.82) is 0 Å². The van der Waals surface area contributed by atoms with E-state index in [0.717, 1.165) is 57.8 Å². The molecule has 0 unspecified atom stereocenters. The minimum atomic E-state index is -4.02. The van der Waals surface area contributed by atoms with Crippen LogP contribution in [0.2, 0.25) is 0 Å². The van der Waals surface area contributed by atoms with Gasteiger partial charge in [0.05, 0.1) is 10.6 Å². The van der Waals surface area contributed by atoms with Crippen LogP contribution in [0.1, 0.15) is 56.4 Å². The molecule has 29 heavy (non-hydrogen) atoms. The first-order valence-corrected chi connectivity index (χ1v) is 11.4. The third kappa shape index (κ3) is 3.46. The summed E-state index contributed by atoms with van der Waals surface area (Å²) in [5.41, 5.74) is 3.26. The second-order valence-corrected chi connectivity index (χ2v) is 9.69. The van der Waals surface area contributed by atoms with E-state index in [1.165, 1.54) is 6.92 Å². The SMILES string of the molecule is CC(=O)N(c1ccc2oc3c(c2c1)CCCC3)S(=O)(=O)c1ccc(C(C)C)cc1. The van der Waals surface area contributed by atoms with Crippen LogP contribution in [0.15, 0.2) is 51.8 Å². The number of anilines is 1. The van der Waals surface area contributed by atoms with Crippen molar-refractivity contribution in [3.8, 4) is 0 Å². The van der Waals surface area contributed by atoms with Gasteiger partial charge in [0.1, 0.15) is 11.3 Å². The number of fused-ring (bicyclic) bond motifs is 3. The van der Waals surface area contributed by atoms with Gasteiger partial charge in [-0.1, -0.05) is 26.0 Å². The van der Waals surface area contributed by atoms with E-state index in [0.29, 0.717) is 11.6 Å². The van der Waals surface area contributed by atoms with Crippen molar-refractivity contribution in [2.45, 2.75) is 57.3 Å². The van der Waals surface area contributed by atoms with Crippen LogP contribution in [0, 0.1) is 0 Å². The average Bonchev–Trinajstić information content (AvgIpc) is 3.06. The first-order chi connectivity index (χ1) is 13.8. The van der Waals surface area contributed by atoms with Gasteiger partial charge in [-0.05, 0) is 61.1 Å². The van der Waals surface area contributed by atoms with Crippen LogP contribution in [0.4, 0.5) is 5.69 Å². The predicted octanol–water partition coefficient (Wildman–Crippen LogP) is 5.18. The fraction of sp³-hybridized carbons (Fsp3) is 0.348. The van der Waals surface area contributed by atoms with Gasteiger partial charge in [-0.25, -0.2) is 12.7 Å². The number of rotatable bonds is 4. The predicted molar refractivity (Wildman–Crippen MR) is 114 cm³/mol. The lowest BCUT2D eigenvalue weighted by Gasteiger charge is -2.21. The third-order valence-corrected chi connectivity index (χ3v) is 7.36. The number of hydrogen-bond donors (Lipinski definition) is 0. The number of carbonyl (C=O) groups is 1. The molecule has 1 aromatic heterocycles. The van der Waals surface area contributed by atoms with E-state index >= 15 is 0 Å². The first kappa shape index (κ1) is 19.7. The summed E-state index contributed by atoms with van der Waals surface area (Å²) in [5.74, 6) is 0.727. The molecule has 0 atom stereocenters. The van der Waals surface area contributed by atoms with Gasteiger partial charge in [-0.15, -0.1) is 0 Å². The lowest BCUT2D eigenvalue weighted by Crippen LogP contribution is -2.35. The molecular weight excluding hydrogens is 386 g/mol. The molecule has 0 N–H and O–H groups in total. The normalized spacial score (nSPS) is 14.2. The Morgan fingerprint density at radius 1 is 1.03 bits per heavy atom. The zero-order valence-corrected chi connectivity index (χ0v) is 17.8. The molecule has 3 aromatic rings. The van der Waals surface area contributed by atoms with E-state index in [9.17, 15) is 13.2 Å². The highest BCUT2D eigenvalue weighted by Crippen LogP contribution is 2.35. The maximum atomic E-state index is 13.3. The molecule has 0 saturated carbocycles. The number of aryl methyl sites for hydroxylation is 2. The fourth-order valence-corrected chi connectivity index (χ4v) is 5.42. The maximum absolute atomic E-state index is 13.3. The van der Waals surface area contributed by atoms with Crippen molar-refractivity contribution in [1.82, 2.24) is 0 Å². The molecule has 1 aliphatic rings. The number of furan rings is 1. The molecule has 1 aliphatic carbocycles. The van der Waals surface area contributed by atoms with Crippen LogP contribution in [-0.4, -0.2) is 14.3 Å². The molecule has 152 valence electrons. The highest BCUT2D eigenvalue weighted by Gasteiger charge is 2.30. The monoisotopic (exact) mass is 411 g/mol. The summed E-state index contributed by atoms with van der Waals surface area (Å²) in [6, 6.07) is 11.9. The summed E-state index contributed by atoms with van der Waals surface area (Å²) >= 11 is 0. The molecule has 0 saturated heterocycles. The fourth-order valence-electron chi connectivity index (χ4n) is 4.00. The van der Waals surface area contributed by atoms with Crippen LogP contribution in [0.25, 0.3) is 11.0 Å². The Bertz CT molecular complexity index is 1170. The lowest BCUT2D eigenvalue weighted by atomic mass is 9.96. The van der Waals surface area contributed by atoms with Crippen LogP contribution < -0.4 is 4.31 Å². The van der Waals surface area contributed by atoms with Crippen LogP contribution >= 0.6 is 0 Å². The van der Waals surface area contributed by atoms with Crippen LogP contribution in [0.3, 0.4) is 0 Å². The molecule has 1 heterocycles. The Kier molecular flexibility index (Phi) is 4.99. The molecule has 1 amide bonds. The minimum absolute atomic E-state index is 0.103. The Balaban J connectivity index is 1.80. The van der Waals surface area contributed by atoms with Gasteiger partial charge in [-0.2, -0.15) is 0 Å². The molecule has 0 aliphatic heterocycles. The maximum Gasteiger partial charge on any atom is 0.270 e. The summed E-state index contributed by atoms with van der Waals surface area (Å²) < 4.78 is 33.4. The Morgan fingerprint density at radius 3 is 2.38 bits per heavy atom. The number of sulfonamides is 1. The number of hydrogen-bond acceptors (Lipinski definition) is 4. The zero-order chi connectivity index (χ0) is 20.8. The van der Waals surface area contributed by atoms with Gasteiger partial charge in [0.25, 0.3) is 10.0 Å². The van der Waals surface area contributed by atoms with Crippen LogP contribution in [0.5, 0.6) is 0 Å². The van der Waals surface area contributed by atoms with Crippen LogP contribution in [-0.2, 0) is 27.7 Å². The quantitative estimate of drug-likeness (QED) is 0.593. The summed E-state index contributed by atoms with van der Waals surface area (Å²) in [4.78, 5) is 12.5. The molecule has 4 rings (SSSR count). The largest absolute Gasteiger partial charge is 0.461 e. The topological polar surface area (TPSA) is 67.6 Å². The summed E-state index contributed by atoms with van der Waals surface area (Å²) in [5, 5.41) is 0.897. The van der Waals surface area contributed by atoms with Gasteiger partial charge in [-0.3, -0.25) is 4.79 Å². The molecule has 0 fully saturated rings. The van der Waals surface area contributed by atoms with Gasteiger partial charge >= 0.3 is 0 Å². The highest BCUT2D eigenvalue weighted by atomic mass is 32.2. The zero-order valence-electron chi connectivity index (χ0n) is 16.9. The smallest absolute Gasteiger partial charge is 0.270 e. The van der Waals surface area contributed by atoms with E-state index in [2.05, 4.69) is 0 Å². The Labute approximate surface area is 171 Å². The second kappa shape index (κ2) is 7.34. The van der Waals surface area contributed by atoms with E-state index < -0.39 is 15.9 Å². The van der Waals surface area contributed by atoms with Crippen molar-refractivity contribution in [2.75, 3.05) is 4.31 Å². The van der Waals surface area contributed by atoms with Gasteiger partial charge in [0.2, 0.25) is 5.91 Å². The van der Waals surface area contributed by atoms with Gasteiger partial charge in [0, 0.05) is 24.3 Å². The van der Waals surface area contributed by atoms with E-state index in [4.69, 9.17) is 4.42 Å². The molecule has 0 spiro atoms. The molecule has 6 heteroatoms. The lowest BCUT2D eigenvalue weighted by molar-refractivity contribution is -0.115. The molecular formula is C23H25NO4S. The molecule has 2 aromatic carbocycles. The highest BCUT2D eigenvalue weighted by molar-refractivity contribution is 7.93. The summed E-state index contributed by atoms with van der Waals surface area (Å²) in [6.07, 6.45) is 3.99. The number of carbonyl (C=O) groups excluding carboxylic acids is 1. The standard InChI is InChI=1S/C23H25NO4S/c1-15(2)17-8-11-19(12-9-17)29(26,27)24(16(3)25)18-10-13-23-21(14-18)20-6-4-5-7-22(20)28-23/h8-15H,4-7H2,1-3H3. The van der Waals surface area contributed by atoms with Crippen molar-refractivity contribution in [3.63, 3.8) is 0 Å². The minimum Gasteiger partial charge on any atom is -0.461 e. The number of nitrogens with zero attached hydrogens (tertiary/aromatic N) is 1. The average molecular weight is 412 g/mol. The Morgan fingerprint density at radius 2 is 1.72 bits per heavy atom. The molecule has 5 nitrogen and oxygen atoms in total. The van der Waals surface area contributed by atoms with Gasteiger partial charge in [0.15, 0.2) is 0 Å². The number of amides is 1. The Hall–Kier alpha value is -2.60. The van der Waals surface area contributed by atoms with E-state index in [1.54, 1.807) is 42.5 Å². The van der Waals surface area contributed by atoms with Crippen molar-refractivity contribution < 1.29 is 17.6 Å².